The zero-order valence-corrected chi connectivity index (χ0v) is 10.7. The topological polar surface area (TPSA) is 43.0 Å². The summed E-state index contributed by atoms with van der Waals surface area (Å²) >= 11 is 5.79. The number of furan rings is 1. The fourth-order valence-corrected chi connectivity index (χ4v) is 1.99. The standard InChI is InChI=1S/C12H16ClN3O/c1-3-6-16-8-9(7-15-16)12(14-2)10-4-5-11(13)17-10/h4-5,7-8,12,14H,3,6H2,1-2H3. The average Bonchev–Trinajstić information content (AvgIpc) is 2.91. The summed E-state index contributed by atoms with van der Waals surface area (Å²) in [6.07, 6.45) is 4.95. The van der Waals surface area contributed by atoms with Crippen molar-refractivity contribution >= 4 is 11.6 Å². The molecule has 0 aromatic carbocycles. The Balaban J connectivity index is 2.22. The van der Waals surface area contributed by atoms with E-state index in [0.717, 1.165) is 24.3 Å². The molecule has 0 saturated heterocycles. The molecular weight excluding hydrogens is 238 g/mol. The summed E-state index contributed by atoms with van der Waals surface area (Å²) in [6.45, 7) is 3.05. The van der Waals surface area contributed by atoms with Crippen molar-refractivity contribution in [2.24, 2.45) is 0 Å². The molecular formula is C12H16ClN3O. The van der Waals surface area contributed by atoms with Gasteiger partial charge in [-0.15, -0.1) is 0 Å². The second-order valence-corrected chi connectivity index (χ2v) is 4.27. The van der Waals surface area contributed by atoms with E-state index in [1.807, 2.05) is 30.2 Å². The third kappa shape index (κ3) is 2.70. The van der Waals surface area contributed by atoms with Gasteiger partial charge in [0.2, 0.25) is 0 Å². The molecule has 0 aliphatic heterocycles. The number of nitrogens with zero attached hydrogens (tertiary/aromatic N) is 2. The molecule has 2 aromatic rings. The molecule has 4 nitrogen and oxygen atoms in total. The van der Waals surface area contributed by atoms with E-state index in [1.165, 1.54) is 0 Å². The third-order valence-electron chi connectivity index (χ3n) is 2.61. The molecule has 0 aliphatic rings. The van der Waals surface area contributed by atoms with Crippen LogP contribution in [0, 0.1) is 0 Å². The number of aromatic nitrogens is 2. The molecule has 0 fully saturated rings. The lowest BCUT2D eigenvalue weighted by Gasteiger charge is -2.10. The Hall–Kier alpha value is -1.26. The van der Waals surface area contributed by atoms with Gasteiger partial charge in [0.25, 0.3) is 0 Å². The first-order chi connectivity index (χ1) is 8.24. The molecule has 2 heterocycles. The molecule has 1 N–H and O–H groups in total. The number of nitrogens with one attached hydrogen (secondary N) is 1. The van der Waals surface area contributed by atoms with Crippen LogP contribution in [0.4, 0.5) is 0 Å². The van der Waals surface area contributed by atoms with Crippen LogP contribution in [0.1, 0.15) is 30.7 Å². The largest absolute Gasteiger partial charge is 0.448 e. The maximum atomic E-state index is 5.79. The summed E-state index contributed by atoms with van der Waals surface area (Å²) in [7, 11) is 1.89. The van der Waals surface area contributed by atoms with Gasteiger partial charge in [-0.3, -0.25) is 4.68 Å². The van der Waals surface area contributed by atoms with Crippen LogP contribution in [0.5, 0.6) is 0 Å². The van der Waals surface area contributed by atoms with Crippen LogP contribution in [0.15, 0.2) is 28.9 Å². The quantitative estimate of drug-likeness (QED) is 0.891. The second-order valence-electron chi connectivity index (χ2n) is 3.90. The van der Waals surface area contributed by atoms with Crippen LogP contribution in [0.2, 0.25) is 5.22 Å². The van der Waals surface area contributed by atoms with E-state index < -0.39 is 0 Å². The average molecular weight is 254 g/mol. The normalized spacial score (nSPS) is 12.9. The summed E-state index contributed by atoms with van der Waals surface area (Å²) in [4.78, 5) is 0. The molecule has 0 aliphatic carbocycles. The van der Waals surface area contributed by atoms with E-state index >= 15 is 0 Å². The summed E-state index contributed by atoms with van der Waals surface area (Å²) < 4.78 is 7.36. The lowest BCUT2D eigenvalue weighted by Crippen LogP contribution is -2.16. The van der Waals surface area contributed by atoms with Gasteiger partial charge in [-0.25, -0.2) is 0 Å². The van der Waals surface area contributed by atoms with E-state index in [-0.39, 0.29) is 6.04 Å². The SMILES string of the molecule is CCCn1cc(C(NC)c2ccc(Cl)o2)cn1. The van der Waals surface area contributed by atoms with Crippen molar-refractivity contribution in [3.63, 3.8) is 0 Å². The molecule has 0 spiro atoms. The third-order valence-corrected chi connectivity index (χ3v) is 2.81. The van der Waals surface area contributed by atoms with Crippen molar-refractivity contribution in [1.82, 2.24) is 15.1 Å². The Bertz CT molecular complexity index is 478. The lowest BCUT2D eigenvalue weighted by molar-refractivity contribution is 0.464. The van der Waals surface area contributed by atoms with Crippen molar-refractivity contribution in [2.45, 2.75) is 25.9 Å². The molecule has 0 bridgehead atoms. The molecule has 17 heavy (non-hydrogen) atoms. The molecule has 5 heteroatoms. The number of halogens is 1. The van der Waals surface area contributed by atoms with Gasteiger partial charge < -0.3 is 9.73 Å². The Kier molecular flexibility index (Phi) is 3.86. The molecule has 1 unspecified atom stereocenters. The van der Waals surface area contributed by atoms with Crippen LogP contribution in [-0.4, -0.2) is 16.8 Å². The fraction of sp³-hybridized carbons (Fsp3) is 0.417. The molecule has 2 aromatic heterocycles. The van der Waals surface area contributed by atoms with E-state index in [2.05, 4.69) is 17.3 Å². The monoisotopic (exact) mass is 253 g/mol. The Morgan fingerprint density at radius 3 is 2.94 bits per heavy atom. The van der Waals surface area contributed by atoms with Crippen LogP contribution < -0.4 is 5.32 Å². The van der Waals surface area contributed by atoms with Crippen molar-refractivity contribution in [3.8, 4) is 0 Å². The van der Waals surface area contributed by atoms with Gasteiger partial charge in [-0.1, -0.05) is 6.92 Å². The number of hydrogen-bond acceptors (Lipinski definition) is 3. The predicted molar refractivity (Wildman–Crippen MR) is 67.1 cm³/mol. The summed E-state index contributed by atoms with van der Waals surface area (Å²) in [6, 6.07) is 3.62. The summed E-state index contributed by atoms with van der Waals surface area (Å²) in [5.41, 5.74) is 1.08. The highest BCUT2D eigenvalue weighted by atomic mass is 35.5. The highest BCUT2D eigenvalue weighted by molar-refractivity contribution is 6.28. The molecule has 0 saturated carbocycles. The zero-order chi connectivity index (χ0) is 12.3. The Morgan fingerprint density at radius 1 is 1.53 bits per heavy atom. The molecule has 1 atom stereocenters. The fourth-order valence-electron chi connectivity index (χ4n) is 1.84. The lowest BCUT2D eigenvalue weighted by atomic mass is 10.1. The van der Waals surface area contributed by atoms with Crippen LogP contribution in [-0.2, 0) is 6.54 Å². The molecule has 2 rings (SSSR count). The van der Waals surface area contributed by atoms with Gasteiger partial charge >= 0.3 is 0 Å². The number of rotatable bonds is 5. The van der Waals surface area contributed by atoms with Crippen LogP contribution in [0.25, 0.3) is 0 Å². The smallest absolute Gasteiger partial charge is 0.193 e. The number of aryl methyl sites for hydroxylation is 1. The first kappa shape index (κ1) is 12.2. The summed E-state index contributed by atoms with van der Waals surface area (Å²) in [5, 5.41) is 7.91. The minimum absolute atomic E-state index is 0.00638. The second kappa shape index (κ2) is 5.38. The molecule has 0 radical (unpaired) electrons. The van der Waals surface area contributed by atoms with Crippen molar-refractivity contribution in [2.75, 3.05) is 7.05 Å². The van der Waals surface area contributed by atoms with Gasteiger partial charge in [-0.2, -0.15) is 5.10 Å². The van der Waals surface area contributed by atoms with Gasteiger partial charge in [-0.05, 0) is 37.2 Å². The maximum absolute atomic E-state index is 5.79. The first-order valence-corrected chi connectivity index (χ1v) is 6.07. The van der Waals surface area contributed by atoms with Crippen LogP contribution >= 0.6 is 11.6 Å². The predicted octanol–water partition coefficient (Wildman–Crippen LogP) is 2.85. The van der Waals surface area contributed by atoms with Gasteiger partial charge in [0.15, 0.2) is 5.22 Å². The number of hydrogen-bond donors (Lipinski definition) is 1. The van der Waals surface area contributed by atoms with E-state index in [1.54, 1.807) is 6.07 Å². The van der Waals surface area contributed by atoms with Gasteiger partial charge in [0, 0.05) is 18.3 Å². The Morgan fingerprint density at radius 2 is 2.35 bits per heavy atom. The molecule has 92 valence electrons. The van der Waals surface area contributed by atoms with Crippen LogP contribution in [0.3, 0.4) is 0 Å². The zero-order valence-electron chi connectivity index (χ0n) is 9.98. The van der Waals surface area contributed by atoms with Crippen molar-refractivity contribution in [1.29, 1.82) is 0 Å². The van der Waals surface area contributed by atoms with Gasteiger partial charge in [0.1, 0.15) is 5.76 Å². The van der Waals surface area contributed by atoms with Gasteiger partial charge in [0.05, 0.1) is 12.2 Å². The maximum Gasteiger partial charge on any atom is 0.193 e. The first-order valence-electron chi connectivity index (χ1n) is 5.69. The van der Waals surface area contributed by atoms with E-state index in [0.29, 0.717) is 5.22 Å². The van der Waals surface area contributed by atoms with E-state index in [9.17, 15) is 0 Å². The van der Waals surface area contributed by atoms with Crippen molar-refractivity contribution < 1.29 is 4.42 Å². The minimum Gasteiger partial charge on any atom is -0.448 e. The van der Waals surface area contributed by atoms with Crippen molar-refractivity contribution in [3.05, 3.63) is 41.1 Å². The minimum atomic E-state index is -0.00638. The molecule has 0 amide bonds. The summed E-state index contributed by atoms with van der Waals surface area (Å²) in [5.74, 6) is 0.800. The van der Waals surface area contributed by atoms with E-state index in [4.69, 9.17) is 16.0 Å². The highest BCUT2D eigenvalue weighted by Crippen LogP contribution is 2.25. The Labute approximate surface area is 106 Å². The highest BCUT2D eigenvalue weighted by Gasteiger charge is 2.17.